The molecule has 0 N–H and O–H groups in total. The highest BCUT2D eigenvalue weighted by molar-refractivity contribution is 5.73. The van der Waals surface area contributed by atoms with Crippen LogP contribution in [0.25, 0.3) is 0 Å². The first kappa shape index (κ1) is 17.1. The van der Waals surface area contributed by atoms with Crippen LogP contribution in [0.15, 0.2) is 42.5 Å². The van der Waals surface area contributed by atoms with Crippen LogP contribution in [-0.2, 0) is 22.6 Å². The molecule has 2 aromatic carbocycles. The Morgan fingerprint density at radius 2 is 2.08 bits per heavy atom. The van der Waals surface area contributed by atoms with E-state index in [1.165, 1.54) is 0 Å². The molecule has 0 amide bonds. The SMILES string of the molecule is CCOc1ccc2c(c1)CC(C(=O)OCc1cccc(OC)c1)CO2. The summed E-state index contributed by atoms with van der Waals surface area (Å²) in [5, 5.41) is 0. The zero-order valence-electron chi connectivity index (χ0n) is 14.5. The van der Waals surface area contributed by atoms with Gasteiger partial charge in [0.1, 0.15) is 30.5 Å². The van der Waals surface area contributed by atoms with Crippen LogP contribution < -0.4 is 14.2 Å². The molecule has 5 nitrogen and oxygen atoms in total. The maximum atomic E-state index is 12.4. The maximum Gasteiger partial charge on any atom is 0.313 e. The summed E-state index contributed by atoms with van der Waals surface area (Å²) in [7, 11) is 1.61. The normalized spacial score (nSPS) is 15.7. The highest BCUT2D eigenvalue weighted by atomic mass is 16.5. The van der Waals surface area contributed by atoms with E-state index in [1.54, 1.807) is 7.11 Å². The van der Waals surface area contributed by atoms with E-state index in [-0.39, 0.29) is 18.5 Å². The van der Waals surface area contributed by atoms with E-state index in [1.807, 2.05) is 49.4 Å². The molecule has 132 valence electrons. The predicted octanol–water partition coefficient (Wildman–Crippen LogP) is 3.39. The van der Waals surface area contributed by atoms with E-state index in [9.17, 15) is 4.79 Å². The second-order valence-electron chi connectivity index (χ2n) is 5.87. The van der Waals surface area contributed by atoms with Crippen LogP contribution in [0.3, 0.4) is 0 Å². The molecule has 1 aliphatic heterocycles. The zero-order valence-corrected chi connectivity index (χ0v) is 14.5. The minimum atomic E-state index is -0.310. The van der Waals surface area contributed by atoms with Gasteiger partial charge in [-0.15, -0.1) is 0 Å². The van der Waals surface area contributed by atoms with Crippen molar-refractivity contribution in [2.24, 2.45) is 5.92 Å². The van der Waals surface area contributed by atoms with Crippen LogP contribution in [0.4, 0.5) is 0 Å². The first-order chi connectivity index (χ1) is 12.2. The van der Waals surface area contributed by atoms with E-state index < -0.39 is 0 Å². The van der Waals surface area contributed by atoms with Gasteiger partial charge in [0.2, 0.25) is 0 Å². The van der Waals surface area contributed by atoms with Gasteiger partial charge in [0, 0.05) is 0 Å². The zero-order chi connectivity index (χ0) is 17.6. The quantitative estimate of drug-likeness (QED) is 0.753. The summed E-state index contributed by atoms with van der Waals surface area (Å²) in [6.07, 6.45) is 0.590. The Morgan fingerprint density at radius 1 is 1.20 bits per heavy atom. The van der Waals surface area contributed by atoms with Crippen molar-refractivity contribution in [3.63, 3.8) is 0 Å². The fourth-order valence-corrected chi connectivity index (χ4v) is 2.81. The molecule has 1 heterocycles. The van der Waals surface area contributed by atoms with Gasteiger partial charge >= 0.3 is 5.97 Å². The molecule has 0 bridgehead atoms. The second kappa shape index (κ2) is 7.92. The third-order valence-corrected chi connectivity index (χ3v) is 4.10. The monoisotopic (exact) mass is 342 g/mol. The number of rotatable bonds is 6. The number of methoxy groups -OCH3 is 1. The summed E-state index contributed by atoms with van der Waals surface area (Å²) in [5.41, 5.74) is 1.86. The first-order valence-electron chi connectivity index (χ1n) is 8.37. The van der Waals surface area contributed by atoms with Crippen LogP contribution in [0, 0.1) is 5.92 Å². The topological polar surface area (TPSA) is 54.0 Å². The van der Waals surface area contributed by atoms with Gasteiger partial charge in [0.15, 0.2) is 0 Å². The minimum absolute atomic E-state index is 0.221. The standard InChI is InChI=1S/C20H22O5/c1-3-23-18-7-8-19-15(11-18)10-16(13-24-19)20(21)25-12-14-5-4-6-17(9-14)22-2/h4-9,11,16H,3,10,12-13H2,1-2H3. The Balaban J connectivity index is 1.60. The van der Waals surface area contributed by atoms with Crippen LogP contribution >= 0.6 is 0 Å². The highest BCUT2D eigenvalue weighted by Gasteiger charge is 2.27. The third kappa shape index (κ3) is 4.24. The number of esters is 1. The lowest BCUT2D eigenvalue weighted by Crippen LogP contribution is -2.29. The van der Waals surface area contributed by atoms with Crippen LogP contribution in [0.2, 0.25) is 0 Å². The van der Waals surface area contributed by atoms with Gasteiger partial charge in [-0.1, -0.05) is 12.1 Å². The molecular weight excluding hydrogens is 320 g/mol. The Labute approximate surface area is 147 Å². The summed E-state index contributed by atoms with van der Waals surface area (Å²) in [4.78, 5) is 12.4. The summed E-state index contributed by atoms with van der Waals surface area (Å²) in [6.45, 7) is 3.09. The maximum absolute atomic E-state index is 12.4. The molecule has 0 fully saturated rings. The van der Waals surface area contributed by atoms with Gasteiger partial charge in [0.25, 0.3) is 0 Å². The molecule has 0 saturated heterocycles. The lowest BCUT2D eigenvalue weighted by Gasteiger charge is -2.24. The van der Waals surface area contributed by atoms with Crippen molar-refractivity contribution in [2.45, 2.75) is 20.0 Å². The number of hydrogen-bond acceptors (Lipinski definition) is 5. The molecule has 1 atom stereocenters. The van der Waals surface area contributed by atoms with Crippen LogP contribution in [0.1, 0.15) is 18.1 Å². The summed E-state index contributed by atoms with van der Waals surface area (Å²) in [5.74, 6) is 1.77. The molecule has 5 heteroatoms. The van der Waals surface area contributed by atoms with Crippen LogP contribution in [-0.4, -0.2) is 26.3 Å². The minimum Gasteiger partial charge on any atom is -0.497 e. The smallest absolute Gasteiger partial charge is 0.313 e. The van der Waals surface area contributed by atoms with Gasteiger partial charge in [-0.25, -0.2) is 0 Å². The molecule has 3 rings (SSSR count). The van der Waals surface area contributed by atoms with Crippen molar-refractivity contribution in [2.75, 3.05) is 20.3 Å². The van der Waals surface area contributed by atoms with E-state index in [4.69, 9.17) is 18.9 Å². The van der Waals surface area contributed by atoms with Gasteiger partial charge in [-0.05, 0) is 54.8 Å². The van der Waals surface area contributed by atoms with Gasteiger partial charge in [-0.3, -0.25) is 4.79 Å². The first-order valence-corrected chi connectivity index (χ1v) is 8.37. The Hall–Kier alpha value is -2.69. The molecule has 0 aliphatic carbocycles. The molecule has 1 aliphatic rings. The Kier molecular flexibility index (Phi) is 5.43. The van der Waals surface area contributed by atoms with Crippen molar-refractivity contribution in [3.05, 3.63) is 53.6 Å². The number of benzene rings is 2. The van der Waals surface area contributed by atoms with E-state index in [2.05, 4.69) is 0 Å². The summed E-state index contributed by atoms with van der Waals surface area (Å²) < 4.78 is 21.8. The van der Waals surface area contributed by atoms with Crippen LogP contribution in [0.5, 0.6) is 17.2 Å². The number of ether oxygens (including phenoxy) is 4. The van der Waals surface area contributed by atoms with Crippen molar-refractivity contribution in [1.29, 1.82) is 0 Å². The Bertz CT molecular complexity index is 741. The lowest BCUT2D eigenvalue weighted by molar-refractivity contribution is -0.151. The van der Waals surface area contributed by atoms with E-state index in [0.29, 0.717) is 19.6 Å². The third-order valence-electron chi connectivity index (χ3n) is 4.10. The molecule has 2 aromatic rings. The number of fused-ring (bicyclic) bond motifs is 1. The summed E-state index contributed by atoms with van der Waals surface area (Å²) >= 11 is 0. The van der Waals surface area contributed by atoms with Gasteiger partial charge in [0.05, 0.1) is 19.6 Å². The van der Waals surface area contributed by atoms with Crippen molar-refractivity contribution >= 4 is 5.97 Å². The summed E-state index contributed by atoms with van der Waals surface area (Å²) in [6, 6.07) is 13.2. The lowest BCUT2D eigenvalue weighted by atomic mass is 9.96. The number of carbonyl (C=O) groups excluding carboxylic acids is 1. The average Bonchev–Trinajstić information content (AvgIpc) is 2.66. The van der Waals surface area contributed by atoms with Gasteiger partial charge in [-0.2, -0.15) is 0 Å². The fraction of sp³-hybridized carbons (Fsp3) is 0.350. The predicted molar refractivity (Wildman–Crippen MR) is 93.1 cm³/mol. The molecule has 0 saturated carbocycles. The number of carbonyl (C=O) groups is 1. The molecule has 0 aromatic heterocycles. The Morgan fingerprint density at radius 3 is 2.88 bits per heavy atom. The molecular formula is C20H22O5. The fourth-order valence-electron chi connectivity index (χ4n) is 2.81. The van der Waals surface area contributed by atoms with Crippen molar-refractivity contribution in [1.82, 2.24) is 0 Å². The highest BCUT2D eigenvalue weighted by Crippen LogP contribution is 2.31. The molecule has 1 unspecified atom stereocenters. The number of hydrogen-bond donors (Lipinski definition) is 0. The van der Waals surface area contributed by atoms with Crippen molar-refractivity contribution in [3.8, 4) is 17.2 Å². The second-order valence-corrected chi connectivity index (χ2v) is 5.87. The average molecular weight is 342 g/mol. The van der Waals surface area contributed by atoms with Gasteiger partial charge < -0.3 is 18.9 Å². The van der Waals surface area contributed by atoms with Crippen molar-refractivity contribution < 1.29 is 23.7 Å². The molecule has 0 spiro atoms. The van der Waals surface area contributed by atoms with E-state index in [0.717, 1.165) is 28.4 Å². The largest absolute Gasteiger partial charge is 0.497 e. The molecule has 0 radical (unpaired) electrons. The van der Waals surface area contributed by atoms with E-state index >= 15 is 0 Å². The molecule has 25 heavy (non-hydrogen) atoms.